The molecular formula is C18H15N3O. The lowest BCUT2D eigenvalue weighted by atomic mass is 10.2. The highest BCUT2D eigenvalue weighted by molar-refractivity contribution is 5.55. The van der Waals surface area contributed by atoms with Crippen molar-refractivity contribution in [3.05, 3.63) is 65.4 Å². The number of para-hydroxylation sites is 1. The fraction of sp³-hybridized carbons (Fsp3) is 0.111. The zero-order valence-electron chi connectivity index (χ0n) is 12.4. The van der Waals surface area contributed by atoms with Gasteiger partial charge in [-0.25, -0.2) is 0 Å². The Balaban J connectivity index is 2.17. The van der Waals surface area contributed by atoms with Gasteiger partial charge in [0.25, 0.3) is 0 Å². The molecule has 22 heavy (non-hydrogen) atoms. The van der Waals surface area contributed by atoms with E-state index in [1.54, 1.807) is 12.1 Å². The number of nitrogens with zero attached hydrogens (tertiary/aromatic N) is 2. The summed E-state index contributed by atoms with van der Waals surface area (Å²) in [5, 5.41) is 20.3. The SMILES string of the molecule is Cc1ccccc1Oc1ccc(NC=C(C#N)C#N)cc1C. The van der Waals surface area contributed by atoms with Crippen LogP contribution in [0, 0.1) is 36.5 Å². The first-order chi connectivity index (χ1) is 10.6. The molecule has 4 nitrogen and oxygen atoms in total. The van der Waals surface area contributed by atoms with Crippen molar-refractivity contribution in [1.82, 2.24) is 0 Å². The first-order valence-electron chi connectivity index (χ1n) is 6.75. The summed E-state index contributed by atoms with van der Waals surface area (Å²) in [4.78, 5) is 0. The maximum atomic E-state index is 8.69. The summed E-state index contributed by atoms with van der Waals surface area (Å²) < 4.78 is 5.91. The summed E-state index contributed by atoms with van der Waals surface area (Å²) in [6.45, 7) is 3.94. The normalized spacial score (nSPS) is 9.27. The molecule has 0 spiro atoms. The largest absolute Gasteiger partial charge is 0.457 e. The van der Waals surface area contributed by atoms with E-state index in [9.17, 15) is 0 Å². The van der Waals surface area contributed by atoms with Gasteiger partial charge in [0.2, 0.25) is 0 Å². The molecule has 0 bridgehead atoms. The Morgan fingerprint density at radius 2 is 1.68 bits per heavy atom. The number of nitriles is 2. The van der Waals surface area contributed by atoms with Gasteiger partial charge in [-0.15, -0.1) is 0 Å². The lowest BCUT2D eigenvalue weighted by Gasteiger charge is -2.12. The summed E-state index contributed by atoms with van der Waals surface area (Å²) in [7, 11) is 0. The molecule has 0 saturated carbocycles. The Morgan fingerprint density at radius 1 is 1.00 bits per heavy atom. The second-order valence-electron chi connectivity index (χ2n) is 4.77. The third-order valence-electron chi connectivity index (χ3n) is 3.11. The molecular weight excluding hydrogens is 274 g/mol. The molecule has 1 N–H and O–H groups in total. The highest BCUT2D eigenvalue weighted by Gasteiger charge is 2.04. The maximum Gasteiger partial charge on any atom is 0.145 e. The molecule has 0 atom stereocenters. The van der Waals surface area contributed by atoms with E-state index in [1.807, 2.05) is 56.3 Å². The number of nitrogens with one attached hydrogen (secondary N) is 1. The Hall–Kier alpha value is -3.24. The maximum absolute atomic E-state index is 8.69. The summed E-state index contributed by atoms with van der Waals surface area (Å²) in [5.41, 5.74) is 2.84. The highest BCUT2D eigenvalue weighted by Crippen LogP contribution is 2.29. The first-order valence-corrected chi connectivity index (χ1v) is 6.75. The summed E-state index contributed by atoms with van der Waals surface area (Å²) in [6.07, 6.45) is 1.39. The molecule has 2 aromatic carbocycles. The second kappa shape index (κ2) is 6.97. The average Bonchev–Trinajstić information content (AvgIpc) is 2.53. The smallest absolute Gasteiger partial charge is 0.145 e. The topological polar surface area (TPSA) is 68.8 Å². The van der Waals surface area contributed by atoms with Crippen LogP contribution >= 0.6 is 0 Å². The van der Waals surface area contributed by atoms with Crippen molar-refractivity contribution in [2.24, 2.45) is 0 Å². The van der Waals surface area contributed by atoms with E-state index in [1.165, 1.54) is 6.20 Å². The van der Waals surface area contributed by atoms with Gasteiger partial charge in [0.05, 0.1) is 0 Å². The van der Waals surface area contributed by atoms with Crippen LogP contribution in [0.15, 0.2) is 54.2 Å². The highest BCUT2D eigenvalue weighted by atomic mass is 16.5. The van der Waals surface area contributed by atoms with Gasteiger partial charge in [0.15, 0.2) is 0 Å². The average molecular weight is 289 g/mol. The number of benzene rings is 2. The van der Waals surface area contributed by atoms with E-state index < -0.39 is 0 Å². The molecule has 0 aliphatic carbocycles. The third-order valence-corrected chi connectivity index (χ3v) is 3.11. The molecule has 0 fully saturated rings. The Labute approximate surface area is 129 Å². The second-order valence-corrected chi connectivity index (χ2v) is 4.77. The zero-order chi connectivity index (χ0) is 15.9. The Kier molecular flexibility index (Phi) is 4.80. The molecule has 0 amide bonds. The van der Waals surface area contributed by atoms with Crippen LogP contribution in [0.1, 0.15) is 11.1 Å². The number of rotatable bonds is 4. The molecule has 2 aromatic rings. The molecule has 0 saturated heterocycles. The lowest BCUT2D eigenvalue weighted by molar-refractivity contribution is 0.475. The quantitative estimate of drug-likeness (QED) is 0.845. The van der Waals surface area contributed by atoms with E-state index >= 15 is 0 Å². The van der Waals surface area contributed by atoms with Crippen LogP contribution in [0.2, 0.25) is 0 Å². The lowest BCUT2D eigenvalue weighted by Crippen LogP contribution is -1.93. The van der Waals surface area contributed by atoms with Crippen molar-refractivity contribution in [3.8, 4) is 23.6 Å². The van der Waals surface area contributed by atoms with Crippen LogP contribution in [0.3, 0.4) is 0 Å². The van der Waals surface area contributed by atoms with Gasteiger partial charge in [-0.1, -0.05) is 18.2 Å². The van der Waals surface area contributed by atoms with Crippen molar-refractivity contribution in [2.75, 3.05) is 5.32 Å². The molecule has 0 aromatic heterocycles. The van der Waals surface area contributed by atoms with E-state index in [0.29, 0.717) is 0 Å². The van der Waals surface area contributed by atoms with Crippen molar-refractivity contribution in [3.63, 3.8) is 0 Å². The van der Waals surface area contributed by atoms with Crippen LogP contribution < -0.4 is 10.1 Å². The van der Waals surface area contributed by atoms with E-state index in [-0.39, 0.29) is 5.57 Å². The van der Waals surface area contributed by atoms with Crippen LogP contribution in [-0.4, -0.2) is 0 Å². The number of aryl methyl sites for hydroxylation is 2. The van der Waals surface area contributed by atoms with Crippen molar-refractivity contribution in [2.45, 2.75) is 13.8 Å². The summed E-state index contributed by atoms with van der Waals surface area (Å²) >= 11 is 0. The van der Waals surface area contributed by atoms with Crippen molar-refractivity contribution in [1.29, 1.82) is 10.5 Å². The van der Waals surface area contributed by atoms with Gasteiger partial charge in [-0.2, -0.15) is 10.5 Å². The van der Waals surface area contributed by atoms with E-state index in [0.717, 1.165) is 28.3 Å². The van der Waals surface area contributed by atoms with Crippen LogP contribution in [0.5, 0.6) is 11.5 Å². The third kappa shape index (κ3) is 3.65. The summed E-state index contributed by atoms with van der Waals surface area (Å²) in [6, 6.07) is 17.0. The van der Waals surface area contributed by atoms with Crippen LogP contribution in [0.4, 0.5) is 5.69 Å². The van der Waals surface area contributed by atoms with E-state index in [4.69, 9.17) is 15.3 Å². The molecule has 0 unspecified atom stereocenters. The predicted octanol–water partition coefficient (Wildman–Crippen LogP) is 4.44. The molecule has 2 rings (SSSR count). The fourth-order valence-corrected chi connectivity index (χ4v) is 1.89. The molecule has 0 aliphatic rings. The number of hydrogen-bond donors (Lipinski definition) is 1. The van der Waals surface area contributed by atoms with Gasteiger partial charge in [0.1, 0.15) is 29.2 Å². The minimum absolute atomic E-state index is 0.0258. The van der Waals surface area contributed by atoms with Crippen LogP contribution in [-0.2, 0) is 0 Å². The molecule has 0 heterocycles. The number of allylic oxidation sites excluding steroid dienone is 1. The number of anilines is 1. The minimum atomic E-state index is 0.0258. The van der Waals surface area contributed by atoms with Crippen molar-refractivity contribution >= 4 is 5.69 Å². The van der Waals surface area contributed by atoms with Gasteiger partial charge < -0.3 is 10.1 Å². The molecule has 4 heteroatoms. The molecule has 0 aliphatic heterocycles. The predicted molar refractivity (Wildman–Crippen MR) is 85.4 cm³/mol. The number of ether oxygens (including phenoxy) is 1. The zero-order valence-corrected chi connectivity index (χ0v) is 12.4. The Morgan fingerprint density at radius 3 is 2.32 bits per heavy atom. The Bertz CT molecular complexity index is 779. The van der Waals surface area contributed by atoms with Gasteiger partial charge >= 0.3 is 0 Å². The standard InChI is InChI=1S/C18H15N3O/c1-13-5-3-4-6-17(13)22-18-8-7-16(9-14(18)2)21-12-15(10-19)11-20/h3-9,12,21H,1-2H3. The van der Waals surface area contributed by atoms with Gasteiger partial charge in [-0.05, 0) is 49.2 Å². The monoisotopic (exact) mass is 289 g/mol. The van der Waals surface area contributed by atoms with Gasteiger partial charge in [-0.3, -0.25) is 0 Å². The van der Waals surface area contributed by atoms with Gasteiger partial charge in [0, 0.05) is 11.9 Å². The minimum Gasteiger partial charge on any atom is -0.457 e. The summed E-state index contributed by atoms with van der Waals surface area (Å²) in [5.74, 6) is 1.59. The van der Waals surface area contributed by atoms with Crippen molar-refractivity contribution < 1.29 is 4.74 Å². The molecule has 0 radical (unpaired) electrons. The fourth-order valence-electron chi connectivity index (χ4n) is 1.89. The van der Waals surface area contributed by atoms with Crippen LogP contribution in [0.25, 0.3) is 0 Å². The van der Waals surface area contributed by atoms with E-state index in [2.05, 4.69) is 5.32 Å². The number of hydrogen-bond acceptors (Lipinski definition) is 4. The first kappa shape index (κ1) is 15.2. The molecule has 108 valence electrons.